The van der Waals surface area contributed by atoms with Crippen LogP contribution < -0.4 is 25.0 Å². The van der Waals surface area contributed by atoms with Crippen molar-refractivity contribution in [2.75, 3.05) is 44.6 Å². The van der Waals surface area contributed by atoms with Crippen LogP contribution in [0.25, 0.3) is 0 Å². The Bertz CT molecular complexity index is 725. The summed E-state index contributed by atoms with van der Waals surface area (Å²) in [6.45, 7) is 2.64. The van der Waals surface area contributed by atoms with Crippen LogP contribution in [-0.4, -0.2) is 50.4 Å². The maximum Gasteiger partial charge on any atom is 0.165 e. The summed E-state index contributed by atoms with van der Waals surface area (Å²) < 4.78 is 10.9. The van der Waals surface area contributed by atoms with Gasteiger partial charge in [0.15, 0.2) is 11.5 Å². The van der Waals surface area contributed by atoms with Gasteiger partial charge in [0.05, 0.1) is 14.2 Å². The second-order valence-corrected chi connectivity index (χ2v) is 6.28. The maximum atomic E-state index is 5.51. The number of aromatic nitrogens is 2. The minimum atomic E-state index is 0.422. The fraction of sp³-hybridized carbons (Fsp3) is 0.474. The van der Waals surface area contributed by atoms with Crippen LogP contribution in [0.5, 0.6) is 11.5 Å². The average molecular weight is 357 g/mol. The van der Waals surface area contributed by atoms with Gasteiger partial charge in [0, 0.05) is 44.4 Å². The van der Waals surface area contributed by atoms with E-state index in [2.05, 4.69) is 31.6 Å². The SMILES string of the molecule is CNc1cc(N2CCC[C@H]2CNCc2cccc(OC)c2OC)ncn1. The number of para-hydroxylation sites is 1. The van der Waals surface area contributed by atoms with E-state index in [1.807, 2.05) is 25.2 Å². The van der Waals surface area contributed by atoms with E-state index in [-0.39, 0.29) is 0 Å². The first-order valence-corrected chi connectivity index (χ1v) is 8.93. The molecule has 1 aromatic heterocycles. The number of rotatable bonds is 8. The van der Waals surface area contributed by atoms with Gasteiger partial charge >= 0.3 is 0 Å². The standard InChI is InChI=1S/C19H27N5O2/c1-20-17-10-18(23-13-22-17)24-9-5-7-15(24)12-21-11-14-6-4-8-16(25-2)19(14)26-3/h4,6,8,10,13,15,21H,5,7,9,11-12H2,1-3H3,(H,20,22,23)/t15-/m0/s1. The molecule has 0 radical (unpaired) electrons. The number of nitrogens with one attached hydrogen (secondary N) is 2. The molecule has 0 unspecified atom stereocenters. The fourth-order valence-corrected chi connectivity index (χ4v) is 3.46. The molecule has 7 heteroatoms. The molecule has 2 heterocycles. The number of hydrogen-bond acceptors (Lipinski definition) is 7. The molecule has 1 atom stereocenters. The normalized spacial score (nSPS) is 16.6. The van der Waals surface area contributed by atoms with Gasteiger partial charge in [-0.2, -0.15) is 0 Å². The summed E-state index contributed by atoms with van der Waals surface area (Å²) in [5.74, 6) is 3.37. The molecule has 1 fully saturated rings. The summed E-state index contributed by atoms with van der Waals surface area (Å²) in [4.78, 5) is 11.0. The summed E-state index contributed by atoms with van der Waals surface area (Å²) in [6.07, 6.45) is 3.94. The molecule has 26 heavy (non-hydrogen) atoms. The number of hydrogen-bond donors (Lipinski definition) is 2. The van der Waals surface area contributed by atoms with E-state index in [1.165, 1.54) is 6.42 Å². The van der Waals surface area contributed by atoms with E-state index in [9.17, 15) is 0 Å². The van der Waals surface area contributed by atoms with Crippen LogP contribution in [-0.2, 0) is 6.54 Å². The van der Waals surface area contributed by atoms with Crippen molar-refractivity contribution < 1.29 is 9.47 Å². The molecule has 2 N–H and O–H groups in total. The number of nitrogens with zero attached hydrogens (tertiary/aromatic N) is 3. The van der Waals surface area contributed by atoms with Crippen LogP contribution >= 0.6 is 0 Å². The molecule has 3 rings (SSSR count). The van der Waals surface area contributed by atoms with Gasteiger partial charge in [-0.05, 0) is 18.9 Å². The lowest BCUT2D eigenvalue weighted by molar-refractivity contribution is 0.350. The lowest BCUT2D eigenvalue weighted by Gasteiger charge is -2.26. The third kappa shape index (κ3) is 3.99. The molecule has 2 aromatic rings. The monoisotopic (exact) mass is 357 g/mol. The van der Waals surface area contributed by atoms with Crippen molar-refractivity contribution in [2.24, 2.45) is 0 Å². The first kappa shape index (κ1) is 18.3. The quantitative estimate of drug-likeness (QED) is 0.751. The smallest absolute Gasteiger partial charge is 0.165 e. The van der Waals surface area contributed by atoms with Crippen molar-refractivity contribution in [1.82, 2.24) is 15.3 Å². The second kappa shape index (κ2) is 8.71. The highest BCUT2D eigenvalue weighted by Gasteiger charge is 2.25. The highest BCUT2D eigenvalue weighted by molar-refractivity contribution is 5.49. The minimum absolute atomic E-state index is 0.422. The van der Waals surface area contributed by atoms with Crippen LogP contribution in [0.1, 0.15) is 18.4 Å². The van der Waals surface area contributed by atoms with Gasteiger partial charge < -0.3 is 25.0 Å². The van der Waals surface area contributed by atoms with Gasteiger partial charge in [0.2, 0.25) is 0 Å². The molecule has 1 aromatic carbocycles. The zero-order chi connectivity index (χ0) is 18.4. The molecule has 0 spiro atoms. The molecule has 0 bridgehead atoms. The Morgan fingerprint density at radius 1 is 1.23 bits per heavy atom. The topological polar surface area (TPSA) is 71.5 Å². The Labute approximate surface area is 154 Å². The Kier molecular flexibility index (Phi) is 6.12. The van der Waals surface area contributed by atoms with E-state index < -0.39 is 0 Å². The molecule has 0 amide bonds. The van der Waals surface area contributed by atoms with Gasteiger partial charge in [-0.15, -0.1) is 0 Å². The van der Waals surface area contributed by atoms with E-state index in [0.29, 0.717) is 6.04 Å². The molecular formula is C19H27N5O2. The summed E-state index contributed by atoms with van der Waals surface area (Å²) in [5, 5.41) is 6.64. The summed E-state index contributed by atoms with van der Waals surface area (Å²) in [5.41, 5.74) is 1.09. The molecule has 140 valence electrons. The molecule has 7 nitrogen and oxygen atoms in total. The van der Waals surface area contributed by atoms with Crippen LogP contribution in [0, 0.1) is 0 Å². The van der Waals surface area contributed by atoms with Crippen LogP contribution in [0.3, 0.4) is 0 Å². The first-order valence-electron chi connectivity index (χ1n) is 8.93. The lowest BCUT2D eigenvalue weighted by Crippen LogP contribution is -2.38. The largest absolute Gasteiger partial charge is 0.493 e. The van der Waals surface area contributed by atoms with Crippen LogP contribution in [0.4, 0.5) is 11.6 Å². The first-order chi connectivity index (χ1) is 12.8. The molecular weight excluding hydrogens is 330 g/mol. The van der Waals surface area contributed by atoms with E-state index in [4.69, 9.17) is 9.47 Å². The zero-order valence-corrected chi connectivity index (χ0v) is 15.7. The van der Waals surface area contributed by atoms with Crippen molar-refractivity contribution in [3.63, 3.8) is 0 Å². The van der Waals surface area contributed by atoms with E-state index >= 15 is 0 Å². The Hall–Kier alpha value is -2.54. The van der Waals surface area contributed by atoms with Crippen LogP contribution in [0.15, 0.2) is 30.6 Å². The third-order valence-electron chi connectivity index (χ3n) is 4.76. The van der Waals surface area contributed by atoms with Gasteiger partial charge in [0.1, 0.15) is 18.0 Å². The van der Waals surface area contributed by atoms with Crippen molar-refractivity contribution in [3.8, 4) is 11.5 Å². The van der Waals surface area contributed by atoms with Gasteiger partial charge in [-0.1, -0.05) is 12.1 Å². The molecule has 1 saturated heterocycles. The average Bonchev–Trinajstić information content (AvgIpc) is 3.16. The van der Waals surface area contributed by atoms with E-state index in [0.717, 1.165) is 54.8 Å². The van der Waals surface area contributed by atoms with Crippen molar-refractivity contribution in [3.05, 3.63) is 36.2 Å². The Morgan fingerprint density at radius 3 is 2.88 bits per heavy atom. The van der Waals surface area contributed by atoms with Crippen LogP contribution in [0.2, 0.25) is 0 Å². The number of methoxy groups -OCH3 is 2. The molecule has 0 saturated carbocycles. The molecule has 0 aliphatic carbocycles. The lowest BCUT2D eigenvalue weighted by atomic mass is 10.1. The van der Waals surface area contributed by atoms with Crippen molar-refractivity contribution >= 4 is 11.6 Å². The molecule has 1 aliphatic heterocycles. The number of ether oxygens (including phenoxy) is 2. The minimum Gasteiger partial charge on any atom is -0.493 e. The van der Waals surface area contributed by atoms with Gasteiger partial charge in [0.25, 0.3) is 0 Å². The van der Waals surface area contributed by atoms with Crippen molar-refractivity contribution in [1.29, 1.82) is 0 Å². The predicted octanol–water partition coefficient (Wildman–Crippen LogP) is 2.29. The van der Waals surface area contributed by atoms with Crippen molar-refractivity contribution in [2.45, 2.75) is 25.4 Å². The number of anilines is 2. The Balaban J connectivity index is 1.62. The highest BCUT2D eigenvalue weighted by atomic mass is 16.5. The fourth-order valence-electron chi connectivity index (χ4n) is 3.46. The summed E-state index contributed by atoms with van der Waals surface area (Å²) in [6, 6.07) is 8.38. The molecule has 1 aliphatic rings. The summed E-state index contributed by atoms with van der Waals surface area (Å²) in [7, 11) is 5.21. The summed E-state index contributed by atoms with van der Waals surface area (Å²) >= 11 is 0. The second-order valence-electron chi connectivity index (χ2n) is 6.28. The third-order valence-corrected chi connectivity index (χ3v) is 4.76. The van der Waals surface area contributed by atoms with E-state index in [1.54, 1.807) is 20.5 Å². The Morgan fingerprint density at radius 2 is 2.12 bits per heavy atom. The number of benzene rings is 1. The zero-order valence-electron chi connectivity index (χ0n) is 15.7. The van der Waals surface area contributed by atoms with Gasteiger partial charge in [-0.25, -0.2) is 9.97 Å². The predicted molar refractivity (Wildman–Crippen MR) is 103 cm³/mol. The highest BCUT2D eigenvalue weighted by Crippen LogP contribution is 2.30. The van der Waals surface area contributed by atoms with Gasteiger partial charge in [-0.3, -0.25) is 0 Å². The maximum absolute atomic E-state index is 5.51.